The number of guanidine groups is 1. The molecule has 0 aliphatic carbocycles. The van der Waals surface area contributed by atoms with Crippen LogP contribution in [0.25, 0.3) is 0 Å². The molecule has 1 atom stereocenters. The van der Waals surface area contributed by atoms with Gasteiger partial charge in [-0.2, -0.15) is 5.10 Å². The summed E-state index contributed by atoms with van der Waals surface area (Å²) in [6.07, 6.45) is 0.932. The molecule has 0 aliphatic rings. The normalized spacial score (nSPS) is 12.9. The minimum Gasteiger partial charge on any atom is -0.376 e. The Labute approximate surface area is 163 Å². The summed E-state index contributed by atoms with van der Waals surface area (Å²) in [4.78, 5) is 4.30. The van der Waals surface area contributed by atoms with E-state index in [0.717, 1.165) is 31.2 Å². The highest BCUT2D eigenvalue weighted by Gasteiger charge is 2.09. The monoisotopic (exact) mass is 371 g/mol. The van der Waals surface area contributed by atoms with Gasteiger partial charge in [0.2, 0.25) is 0 Å². The molecule has 0 aliphatic heterocycles. The van der Waals surface area contributed by atoms with E-state index in [2.05, 4.69) is 53.6 Å². The smallest absolute Gasteiger partial charge is 0.190 e. The van der Waals surface area contributed by atoms with E-state index in [1.54, 1.807) is 7.05 Å². The van der Waals surface area contributed by atoms with Gasteiger partial charge >= 0.3 is 0 Å². The van der Waals surface area contributed by atoms with E-state index >= 15 is 0 Å². The number of hydrogen-bond donors (Lipinski definition) is 2. The summed E-state index contributed by atoms with van der Waals surface area (Å²) in [5.41, 5.74) is 4.84. The van der Waals surface area contributed by atoms with E-state index in [4.69, 9.17) is 4.74 Å². The number of ether oxygens (including phenoxy) is 1. The highest BCUT2D eigenvalue weighted by Crippen LogP contribution is 2.11. The van der Waals surface area contributed by atoms with E-state index in [-0.39, 0.29) is 0 Å². The molecule has 0 spiro atoms. The Morgan fingerprint density at radius 2 is 1.96 bits per heavy atom. The molecule has 148 valence electrons. The number of rotatable bonds is 9. The number of nitrogens with one attached hydrogen (secondary N) is 2. The van der Waals surface area contributed by atoms with Crippen molar-refractivity contribution in [2.75, 3.05) is 26.7 Å². The van der Waals surface area contributed by atoms with Gasteiger partial charge in [-0.1, -0.05) is 37.3 Å². The number of benzene rings is 1. The summed E-state index contributed by atoms with van der Waals surface area (Å²) in [6.45, 7) is 9.36. The van der Waals surface area contributed by atoms with Crippen LogP contribution in [0.1, 0.15) is 29.4 Å². The van der Waals surface area contributed by atoms with Crippen LogP contribution in [0.4, 0.5) is 0 Å². The van der Waals surface area contributed by atoms with Crippen molar-refractivity contribution in [1.82, 2.24) is 20.4 Å². The Morgan fingerprint density at radius 1 is 1.22 bits per heavy atom. The van der Waals surface area contributed by atoms with Crippen LogP contribution in [-0.4, -0.2) is 42.5 Å². The zero-order valence-electron chi connectivity index (χ0n) is 17.2. The van der Waals surface area contributed by atoms with Gasteiger partial charge in [0, 0.05) is 32.9 Å². The Bertz CT molecular complexity index is 724. The molecule has 0 amide bonds. The van der Waals surface area contributed by atoms with Gasteiger partial charge in [0.25, 0.3) is 0 Å². The maximum Gasteiger partial charge on any atom is 0.190 e. The van der Waals surface area contributed by atoms with Gasteiger partial charge in [0.1, 0.15) is 0 Å². The fourth-order valence-electron chi connectivity index (χ4n) is 2.99. The summed E-state index contributed by atoms with van der Waals surface area (Å²) in [5.74, 6) is 1.22. The van der Waals surface area contributed by atoms with Crippen molar-refractivity contribution in [3.05, 3.63) is 52.8 Å². The molecule has 6 heteroatoms. The largest absolute Gasteiger partial charge is 0.376 e. The molecule has 6 nitrogen and oxygen atoms in total. The second-order valence-corrected chi connectivity index (χ2v) is 7.01. The van der Waals surface area contributed by atoms with Crippen LogP contribution in [0.5, 0.6) is 0 Å². The Balaban J connectivity index is 1.65. The van der Waals surface area contributed by atoms with Gasteiger partial charge in [-0.15, -0.1) is 0 Å². The predicted molar refractivity (Wildman–Crippen MR) is 111 cm³/mol. The lowest BCUT2D eigenvalue weighted by Crippen LogP contribution is -2.40. The topological polar surface area (TPSA) is 63.5 Å². The van der Waals surface area contributed by atoms with Crippen LogP contribution < -0.4 is 10.6 Å². The van der Waals surface area contributed by atoms with Crippen molar-refractivity contribution < 1.29 is 4.74 Å². The SMILES string of the molecule is CN=C(NCCc1c(C)nn(C)c1C)NCC(C)COCc1ccccc1. The molecule has 0 saturated heterocycles. The maximum atomic E-state index is 5.81. The third-order valence-electron chi connectivity index (χ3n) is 4.68. The fraction of sp³-hybridized carbons (Fsp3) is 0.524. The van der Waals surface area contributed by atoms with Gasteiger partial charge in [0.05, 0.1) is 18.9 Å². The minimum atomic E-state index is 0.398. The first-order chi connectivity index (χ1) is 13.0. The van der Waals surface area contributed by atoms with Gasteiger partial charge in [0.15, 0.2) is 5.96 Å². The summed E-state index contributed by atoms with van der Waals surface area (Å²) in [5, 5.41) is 11.2. The highest BCUT2D eigenvalue weighted by atomic mass is 16.5. The van der Waals surface area contributed by atoms with Crippen LogP contribution in [0.15, 0.2) is 35.3 Å². The lowest BCUT2D eigenvalue weighted by molar-refractivity contribution is 0.0931. The molecule has 0 radical (unpaired) electrons. The zero-order chi connectivity index (χ0) is 19.6. The summed E-state index contributed by atoms with van der Waals surface area (Å²) < 4.78 is 7.74. The average molecular weight is 372 g/mol. The van der Waals surface area contributed by atoms with Crippen LogP contribution in [0.3, 0.4) is 0 Å². The van der Waals surface area contributed by atoms with Crippen LogP contribution in [0, 0.1) is 19.8 Å². The summed E-state index contributed by atoms with van der Waals surface area (Å²) in [7, 11) is 3.79. The van der Waals surface area contributed by atoms with Crippen molar-refractivity contribution in [3.8, 4) is 0 Å². The molecule has 1 aromatic carbocycles. The molecule has 2 rings (SSSR count). The standard InChI is InChI=1S/C21H33N5O/c1-16(14-27-15-19-9-7-6-8-10-19)13-24-21(22-4)23-12-11-20-17(2)25-26(5)18(20)3/h6-10,16H,11-15H2,1-5H3,(H2,22,23,24). The first-order valence-electron chi connectivity index (χ1n) is 9.56. The molecule has 27 heavy (non-hydrogen) atoms. The van der Waals surface area contributed by atoms with E-state index in [1.807, 2.05) is 29.9 Å². The molecule has 1 heterocycles. The maximum absolute atomic E-state index is 5.81. The first-order valence-corrected chi connectivity index (χ1v) is 9.56. The highest BCUT2D eigenvalue weighted by molar-refractivity contribution is 5.79. The molecule has 2 aromatic rings. The van der Waals surface area contributed by atoms with Gasteiger partial charge in [-0.3, -0.25) is 9.67 Å². The Hall–Kier alpha value is -2.34. The minimum absolute atomic E-state index is 0.398. The van der Waals surface area contributed by atoms with Crippen molar-refractivity contribution in [3.63, 3.8) is 0 Å². The van der Waals surface area contributed by atoms with Gasteiger partial charge < -0.3 is 15.4 Å². The average Bonchev–Trinajstić information content (AvgIpc) is 2.91. The molecule has 2 N–H and O–H groups in total. The van der Waals surface area contributed by atoms with E-state index in [0.29, 0.717) is 19.1 Å². The van der Waals surface area contributed by atoms with Crippen LogP contribution in [0.2, 0.25) is 0 Å². The molecular weight excluding hydrogens is 338 g/mol. The second-order valence-electron chi connectivity index (χ2n) is 7.01. The Kier molecular flexibility index (Phi) is 8.33. The van der Waals surface area contributed by atoms with Crippen LogP contribution >= 0.6 is 0 Å². The molecule has 1 aromatic heterocycles. The van der Waals surface area contributed by atoms with Crippen LogP contribution in [-0.2, 0) is 24.8 Å². The Morgan fingerprint density at radius 3 is 2.59 bits per heavy atom. The number of aryl methyl sites for hydroxylation is 2. The number of nitrogens with zero attached hydrogens (tertiary/aromatic N) is 3. The van der Waals surface area contributed by atoms with Crippen molar-refractivity contribution in [2.45, 2.75) is 33.8 Å². The molecular formula is C21H33N5O. The van der Waals surface area contributed by atoms with E-state index in [1.165, 1.54) is 16.8 Å². The van der Waals surface area contributed by atoms with Crippen molar-refractivity contribution >= 4 is 5.96 Å². The number of aliphatic imine (C=N–C) groups is 1. The van der Waals surface area contributed by atoms with Crippen molar-refractivity contribution in [2.24, 2.45) is 18.0 Å². The summed E-state index contributed by atoms with van der Waals surface area (Å²) >= 11 is 0. The first kappa shape index (κ1) is 21.0. The second kappa shape index (κ2) is 10.7. The van der Waals surface area contributed by atoms with E-state index < -0.39 is 0 Å². The molecule has 0 fully saturated rings. The summed E-state index contributed by atoms with van der Waals surface area (Å²) in [6, 6.07) is 10.3. The third kappa shape index (κ3) is 6.71. The zero-order valence-corrected chi connectivity index (χ0v) is 17.2. The number of hydrogen-bond acceptors (Lipinski definition) is 3. The quantitative estimate of drug-likeness (QED) is 0.525. The van der Waals surface area contributed by atoms with E-state index in [9.17, 15) is 0 Å². The van der Waals surface area contributed by atoms with Gasteiger partial charge in [-0.25, -0.2) is 0 Å². The predicted octanol–water partition coefficient (Wildman–Crippen LogP) is 2.60. The molecule has 1 unspecified atom stereocenters. The lowest BCUT2D eigenvalue weighted by atomic mass is 10.1. The lowest BCUT2D eigenvalue weighted by Gasteiger charge is -2.16. The number of aromatic nitrogens is 2. The molecule has 0 saturated carbocycles. The van der Waals surface area contributed by atoms with Crippen molar-refractivity contribution in [1.29, 1.82) is 0 Å². The molecule has 0 bridgehead atoms. The van der Waals surface area contributed by atoms with Gasteiger partial charge in [-0.05, 0) is 37.3 Å². The fourth-order valence-corrected chi connectivity index (χ4v) is 2.99. The third-order valence-corrected chi connectivity index (χ3v) is 4.68.